The minimum absolute atomic E-state index is 0.00373. The number of aromatic nitrogens is 2. The zero-order valence-electron chi connectivity index (χ0n) is 15.5. The Hall–Kier alpha value is -2.78. The van der Waals surface area contributed by atoms with Crippen LogP contribution in [0.3, 0.4) is 0 Å². The highest BCUT2D eigenvalue weighted by molar-refractivity contribution is 7.17. The van der Waals surface area contributed by atoms with Gasteiger partial charge in [0, 0.05) is 14.1 Å². The van der Waals surface area contributed by atoms with E-state index in [0.29, 0.717) is 10.6 Å². The zero-order valence-corrected chi connectivity index (χ0v) is 17.0. The van der Waals surface area contributed by atoms with Crippen LogP contribution in [-0.4, -0.2) is 41.0 Å². The molecular weight excluding hydrogens is 407 g/mol. The van der Waals surface area contributed by atoms with Crippen molar-refractivity contribution in [2.45, 2.75) is 13.8 Å². The van der Waals surface area contributed by atoms with Gasteiger partial charge in [-0.3, -0.25) is 14.9 Å². The fourth-order valence-corrected chi connectivity index (χ4v) is 3.78. The van der Waals surface area contributed by atoms with Gasteiger partial charge in [-0.2, -0.15) is 0 Å². The fraction of sp³-hybridized carbons (Fsp3) is 0.222. The molecule has 7 nitrogen and oxygen atoms in total. The molecule has 3 rings (SSSR count). The van der Waals surface area contributed by atoms with Crippen molar-refractivity contribution in [3.63, 3.8) is 0 Å². The van der Waals surface area contributed by atoms with Gasteiger partial charge in [0.25, 0.3) is 11.8 Å². The van der Waals surface area contributed by atoms with Crippen LogP contribution in [0.25, 0.3) is 11.3 Å². The number of hydrogen-bond acceptors (Lipinski definition) is 6. The van der Waals surface area contributed by atoms with Crippen molar-refractivity contribution in [2.75, 3.05) is 19.4 Å². The summed E-state index contributed by atoms with van der Waals surface area (Å²) in [6, 6.07) is 4.17. The third-order valence-electron chi connectivity index (χ3n) is 3.91. The van der Waals surface area contributed by atoms with Crippen molar-refractivity contribution >= 4 is 39.9 Å². The van der Waals surface area contributed by atoms with Crippen LogP contribution in [0.5, 0.6) is 0 Å². The average Bonchev–Trinajstić information content (AvgIpc) is 3.16. The number of anilines is 1. The van der Waals surface area contributed by atoms with E-state index in [2.05, 4.69) is 15.5 Å². The van der Waals surface area contributed by atoms with Crippen molar-refractivity contribution in [3.05, 3.63) is 50.9 Å². The lowest BCUT2D eigenvalue weighted by molar-refractivity contribution is 0.0831. The predicted octanol–water partition coefficient (Wildman–Crippen LogP) is 4.16. The number of hydrogen-bond donors (Lipinski definition) is 1. The molecule has 0 aliphatic heterocycles. The van der Waals surface area contributed by atoms with E-state index in [0.717, 1.165) is 11.3 Å². The van der Waals surface area contributed by atoms with Gasteiger partial charge in [0.15, 0.2) is 5.13 Å². The van der Waals surface area contributed by atoms with E-state index in [1.807, 2.05) is 0 Å². The number of carbonyl (C=O) groups excluding carboxylic acids is 2. The molecule has 0 saturated carbocycles. The van der Waals surface area contributed by atoms with Gasteiger partial charge < -0.3 is 9.42 Å². The molecular formula is C18H16ClFN4O3S. The molecule has 0 aliphatic carbocycles. The van der Waals surface area contributed by atoms with Gasteiger partial charge in [0.1, 0.15) is 27.7 Å². The minimum Gasteiger partial charge on any atom is -0.360 e. The summed E-state index contributed by atoms with van der Waals surface area (Å²) in [7, 11) is 3.26. The predicted molar refractivity (Wildman–Crippen MR) is 104 cm³/mol. The summed E-state index contributed by atoms with van der Waals surface area (Å²) in [6.07, 6.45) is 0. The van der Waals surface area contributed by atoms with E-state index in [1.54, 1.807) is 21.0 Å². The highest BCUT2D eigenvalue weighted by atomic mass is 35.5. The lowest BCUT2D eigenvalue weighted by Gasteiger charge is -2.07. The van der Waals surface area contributed by atoms with E-state index in [-0.39, 0.29) is 38.6 Å². The Bertz CT molecular complexity index is 1060. The SMILES string of the molecule is Cc1nc(NC(=O)c2c(-c3c(F)cccc3Cl)noc2C)sc1C(=O)N(C)C. The molecule has 0 fully saturated rings. The van der Waals surface area contributed by atoms with E-state index in [1.165, 1.54) is 30.0 Å². The smallest absolute Gasteiger partial charge is 0.265 e. The molecule has 1 aromatic carbocycles. The van der Waals surface area contributed by atoms with Gasteiger partial charge in [-0.1, -0.05) is 34.2 Å². The molecule has 2 heterocycles. The highest BCUT2D eigenvalue weighted by Gasteiger charge is 2.26. The number of aryl methyl sites for hydroxylation is 2. The van der Waals surface area contributed by atoms with Crippen LogP contribution in [0, 0.1) is 19.7 Å². The molecule has 10 heteroatoms. The maximum Gasteiger partial charge on any atom is 0.265 e. The van der Waals surface area contributed by atoms with Gasteiger partial charge in [0.2, 0.25) is 0 Å². The van der Waals surface area contributed by atoms with E-state index in [4.69, 9.17) is 16.1 Å². The van der Waals surface area contributed by atoms with Crippen molar-refractivity contribution < 1.29 is 18.5 Å². The standard InChI is InChI=1S/C18H16ClFN4O3S/c1-8-15(17(26)24(3)4)28-18(21-8)22-16(25)12-9(2)27-23-14(12)13-10(19)6-5-7-11(13)20/h5-7H,1-4H3,(H,21,22,25). The van der Waals surface area contributed by atoms with Gasteiger partial charge in [0.05, 0.1) is 16.3 Å². The maximum absolute atomic E-state index is 14.3. The van der Waals surface area contributed by atoms with Crippen molar-refractivity contribution in [2.24, 2.45) is 0 Å². The molecule has 2 aromatic heterocycles. The van der Waals surface area contributed by atoms with E-state index >= 15 is 0 Å². The summed E-state index contributed by atoms with van der Waals surface area (Å²) in [5, 5.41) is 6.77. The van der Waals surface area contributed by atoms with E-state index < -0.39 is 11.7 Å². The lowest BCUT2D eigenvalue weighted by atomic mass is 10.1. The second kappa shape index (κ2) is 7.69. The quantitative estimate of drug-likeness (QED) is 0.681. The molecule has 0 atom stereocenters. The fourth-order valence-electron chi connectivity index (χ4n) is 2.55. The third kappa shape index (κ3) is 3.63. The van der Waals surface area contributed by atoms with Gasteiger partial charge in [-0.05, 0) is 26.0 Å². The van der Waals surface area contributed by atoms with Crippen molar-refractivity contribution in [1.29, 1.82) is 0 Å². The molecule has 0 saturated heterocycles. The third-order valence-corrected chi connectivity index (χ3v) is 5.28. The van der Waals surface area contributed by atoms with Crippen LogP contribution in [0.2, 0.25) is 5.02 Å². The molecule has 0 unspecified atom stereocenters. The summed E-state index contributed by atoms with van der Waals surface area (Å²) in [5.41, 5.74) is 0.514. The number of benzene rings is 1. The largest absolute Gasteiger partial charge is 0.360 e. The van der Waals surface area contributed by atoms with Crippen LogP contribution in [-0.2, 0) is 0 Å². The monoisotopic (exact) mass is 422 g/mol. The Labute approximate surface area is 169 Å². The molecule has 3 aromatic rings. The average molecular weight is 423 g/mol. The first kappa shape index (κ1) is 20.0. The number of nitrogens with one attached hydrogen (secondary N) is 1. The van der Waals surface area contributed by atoms with Gasteiger partial charge >= 0.3 is 0 Å². The summed E-state index contributed by atoms with van der Waals surface area (Å²) in [6.45, 7) is 3.21. The molecule has 1 N–H and O–H groups in total. The minimum atomic E-state index is -0.626. The Balaban J connectivity index is 1.96. The first-order valence-corrected chi connectivity index (χ1v) is 9.31. The summed E-state index contributed by atoms with van der Waals surface area (Å²) < 4.78 is 19.4. The van der Waals surface area contributed by atoms with E-state index in [9.17, 15) is 14.0 Å². The second-order valence-corrected chi connectivity index (χ2v) is 7.55. The van der Waals surface area contributed by atoms with Gasteiger partial charge in [-0.15, -0.1) is 0 Å². The molecule has 146 valence electrons. The normalized spacial score (nSPS) is 10.8. The number of amides is 2. The molecule has 0 aliphatic rings. The van der Waals surface area contributed by atoms with Crippen LogP contribution in [0.1, 0.15) is 31.5 Å². The molecule has 0 spiro atoms. The van der Waals surface area contributed by atoms with Crippen molar-refractivity contribution in [1.82, 2.24) is 15.0 Å². The number of halogens is 2. The van der Waals surface area contributed by atoms with Crippen LogP contribution < -0.4 is 5.32 Å². The van der Waals surface area contributed by atoms with Gasteiger partial charge in [-0.25, -0.2) is 9.37 Å². The highest BCUT2D eigenvalue weighted by Crippen LogP contribution is 2.34. The van der Waals surface area contributed by atoms with Crippen LogP contribution >= 0.6 is 22.9 Å². The Morgan fingerprint density at radius 2 is 2.00 bits per heavy atom. The second-order valence-electron chi connectivity index (χ2n) is 6.15. The number of carbonyl (C=O) groups is 2. The van der Waals surface area contributed by atoms with Crippen LogP contribution in [0.4, 0.5) is 9.52 Å². The molecule has 28 heavy (non-hydrogen) atoms. The zero-order chi connectivity index (χ0) is 20.6. The first-order valence-electron chi connectivity index (χ1n) is 8.11. The number of nitrogens with zero attached hydrogens (tertiary/aromatic N) is 3. The van der Waals surface area contributed by atoms with Crippen molar-refractivity contribution in [3.8, 4) is 11.3 Å². The number of thiazole rings is 1. The number of rotatable bonds is 4. The van der Waals surface area contributed by atoms with Crippen LogP contribution in [0.15, 0.2) is 22.7 Å². The lowest BCUT2D eigenvalue weighted by Crippen LogP contribution is -2.21. The first-order chi connectivity index (χ1) is 13.2. The molecule has 2 amide bonds. The molecule has 0 bridgehead atoms. The summed E-state index contributed by atoms with van der Waals surface area (Å²) >= 11 is 7.14. The Morgan fingerprint density at radius 3 is 2.64 bits per heavy atom. The maximum atomic E-state index is 14.3. The molecule has 0 radical (unpaired) electrons. The summed E-state index contributed by atoms with van der Waals surface area (Å²) in [4.78, 5) is 31.1. The summed E-state index contributed by atoms with van der Waals surface area (Å²) in [5.74, 6) is -1.23. The topological polar surface area (TPSA) is 88.3 Å². The Kier molecular flexibility index (Phi) is 5.48. The Morgan fingerprint density at radius 1 is 1.29 bits per heavy atom.